The maximum atomic E-state index is 12.2. The summed E-state index contributed by atoms with van der Waals surface area (Å²) in [6.45, 7) is 2.60. The average Bonchev–Trinajstić information content (AvgIpc) is 3.01. The monoisotopic (exact) mass is 343 g/mol. The standard InChI is InChI=1S/C19H21NO3S/c1-15(13-17-7-8-19-18(14-17)9-11-23-19)20-24(21,22)12-10-16-5-3-2-4-6-16/h2-8,10,12,14-15,20H,9,11,13H2,1H3/b12-10+. The highest BCUT2D eigenvalue weighted by atomic mass is 32.2. The van der Waals surface area contributed by atoms with Crippen LogP contribution in [0.3, 0.4) is 0 Å². The van der Waals surface area contributed by atoms with Crippen molar-refractivity contribution in [2.75, 3.05) is 6.61 Å². The van der Waals surface area contributed by atoms with E-state index in [2.05, 4.69) is 10.8 Å². The van der Waals surface area contributed by atoms with Crippen molar-refractivity contribution in [3.05, 3.63) is 70.6 Å². The van der Waals surface area contributed by atoms with Crippen LogP contribution in [0.25, 0.3) is 6.08 Å². The highest BCUT2D eigenvalue weighted by molar-refractivity contribution is 7.92. The lowest BCUT2D eigenvalue weighted by atomic mass is 10.0. The highest BCUT2D eigenvalue weighted by Gasteiger charge is 2.15. The van der Waals surface area contributed by atoms with E-state index in [9.17, 15) is 8.42 Å². The largest absolute Gasteiger partial charge is 0.493 e. The summed E-state index contributed by atoms with van der Waals surface area (Å²) in [5.74, 6) is 0.942. The number of rotatable bonds is 6. The van der Waals surface area contributed by atoms with E-state index in [1.165, 1.54) is 11.0 Å². The smallest absolute Gasteiger partial charge is 0.233 e. The van der Waals surface area contributed by atoms with Crippen molar-refractivity contribution in [3.8, 4) is 5.75 Å². The third-order valence-corrected chi connectivity index (χ3v) is 5.13. The molecule has 0 aromatic heterocycles. The van der Waals surface area contributed by atoms with Gasteiger partial charge in [-0.05, 0) is 42.2 Å². The molecule has 1 atom stereocenters. The number of hydrogen-bond donors (Lipinski definition) is 1. The molecule has 1 unspecified atom stereocenters. The number of fused-ring (bicyclic) bond motifs is 1. The summed E-state index contributed by atoms with van der Waals surface area (Å²) < 4.78 is 32.5. The Morgan fingerprint density at radius 3 is 2.79 bits per heavy atom. The van der Waals surface area contributed by atoms with E-state index in [-0.39, 0.29) is 6.04 Å². The lowest BCUT2D eigenvalue weighted by molar-refractivity contribution is 0.357. The molecule has 2 aromatic carbocycles. The van der Waals surface area contributed by atoms with Gasteiger partial charge in [0.25, 0.3) is 0 Å². The zero-order chi connectivity index (χ0) is 17.0. The molecule has 0 saturated carbocycles. The molecule has 0 spiro atoms. The second-order valence-corrected chi connectivity index (χ2v) is 7.62. The van der Waals surface area contributed by atoms with Crippen molar-refractivity contribution < 1.29 is 13.2 Å². The minimum Gasteiger partial charge on any atom is -0.493 e. The number of sulfonamides is 1. The molecule has 1 aliphatic heterocycles. The molecule has 0 aliphatic carbocycles. The Balaban J connectivity index is 1.61. The predicted octanol–water partition coefficient (Wildman–Crippen LogP) is 3.14. The molecular weight excluding hydrogens is 322 g/mol. The van der Waals surface area contributed by atoms with Gasteiger partial charge >= 0.3 is 0 Å². The van der Waals surface area contributed by atoms with Gasteiger partial charge < -0.3 is 4.74 Å². The molecule has 4 nitrogen and oxygen atoms in total. The molecule has 24 heavy (non-hydrogen) atoms. The normalized spacial score (nSPS) is 15.2. The number of hydrogen-bond acceptors (Lipinski definition) is 3. The first-order valence-corrected chi connectivity index (χ1v) is 9.56. The Labute approximate surface area is 143 Å². The molecule has 126 valence electrons. The molecule has 0 fully saturated rings. The van der Waals surface area contributed by atoms with E-state index in [0.717, 1.165) is 29.9 Å². The molecule has 0 saturated heterocycles. The summed E-state index contributed by atoms with van der Waals surface area (Å²) in [6.07, 6.45) is 3.16. The minimum absolute atomic E-state index is 0.184. The Morgan fingerprint density at radius 2 is 2.00 bits per heavy atom. The summed E-state index contributed by atoms with van der Waals surface area (Å²) >= 11 is 0. The van der Waals surface area contributed by atoms with Gasteiger partial charge in [0.05, 0.1) is 6.61 Å². The topological polar surface area (TPSA) is 55.4 Å². The number of benzene rings is 2. The van der Waals surface area contributed by atoms with Crippen LogP contribution >= 0.6 is 0 Å². The first-order valence-electron chi connectivity index (χ1n) is 8.02. The van der Waals surface area contributed by atoms with E-state index in [0.29, 0.717) is 6.42 Å². The van der Waals surface area contributed by atoms with Crippen molar-refractivity contribution in [2.24, 2.45) is 0 Å². The van der Waals surface area contributed by atoms with Crippen molar-refractivity contribution in [3.63, 3.8) is 0 Å². The molecule has 2 aromatic rings. The van der Waals surface area contributed by atoms with Crippen LogP contribution in [0.4, 0.5) is 0 Å². The predicted molar refractivity (Wildman–Crippen MR) is 96.3 cm³/mol. The molecule has 0 amide bonds. The zero-order valence-corrected chi connectivity index (χ0v) is 14.4. The van der Waals surface area contributed by atoms with Crippen molar-refractivity contribution >= 4 is 16.1 Å². The lowest BCUT2D eigenvalue weighted by Crippen LogP contribution is -2.32. The Hall–Kier alpha value is -2.11. The number of nitrogens with one attached hydrogen (secondary N) is 1. The fourth-order valence-corrected chi connectivity index (χ4v) is 3.87. The van der Waals surface area contributed by atoms with Gasteiger partial charge in [-0.2, -0.15) is 0 Å². The molecular formula is C19H21NO3S. The van der Waals surface area contributed by atoms with Gasteiger partial charge in [-0.25, -0.2) is 13.1 Å². The van der Waals surface area contributed by atoms with Crippen LogP contribution in [0.1, 0.15) is 23.6 Å². The van der Waals surface area contributed by atoms with Crippen LogP contribution in [-0.2, 0) is 22.9 Å². The molecule has 1 aliphatic rings. The Bertz CT molecular complexity index is 829. The molecule has 5 heteroatoms. The minimum atomic E-state index is -3.47. The number of ether oxygens (including phenoxy) is 1. The fraction of sp³-hybridized carbons (Fsp3) is 0.263. The van der Waals surface area contributed by atoms with Gasteiger partial charge in [0.15, 0.2) is 0 Å². The summed E-state index contributed by atoms with van der Waals surface area (Å²) in [5.41, 5.74) is 3.17. The SMILES string of the molecule is CC(Cc1ccc2c(c1)CCO2)NS(=O)(=O)/C=C/c1ccccc1. The highest BCUT2D eigenvalue weighted by Crippen LogP contribution is 2.26. The molecule has 0 radical (unpaired) electrons. The zero-order valence-electron chi connectivity index (χ0n) is 13.6. The summed E-state index contributed by atoms with van der Waals surface area (Å²) in [7, 11) is -3.47. The van der Waals surface area contributed by atoms with Crippen LogP contribution in [0.15, 0.2) is 53.9 Å². The lowest BCUT2D eigenvalue weighted by Gasteiger charge is -2.13. The van der Waals surface area contributed by atoms with Gasteiger partial charge in [-0.15, -0.1) is 0 Å². The van der Waals surface area contributed by atoms with E-state index < -0.39 is 10.0 Å². The third-order valence-electron chi connectivity index (χ3n) is 3.90. The van der Waals surface area contributed by atoms with Gasteiger partial charge in [0.1, 0.15) is 5.75 Å². The van der Waals surface area contributed by atoms with Gasteiger partial charge in [0.2, 0.25) is 10.0 Å². The van der Waals surface area contributed by atoms with Crippen LogP contribution in [0.2, 0.25) is 0 Å². The van der Waals surface area contributed by atoms with Crippen molar-refractivity contribution in [1.82, 2.24) is 4.72 Å². The van der Waals surface area contributed by atoms with E-state index >= 15 is 0 Å². The maximum Gasteiger partial charge on any atom is 0.233 e. The maximum absolute atomic E-state index is 12.2. The van der Waals surface area contributed by atoms with Gasteiger partial charge in [-0.3, -0.25) is 0 Å². The Kier molecular flexibility index (Phi) is 5.02. The molecule has 3 rings (SSSR count). The molecule has 0 bridgehead atoms. The second kappa shape index (κ2) is 7.20. The van der Waals surface area contributed by atoms with E-state index in [1.54, 1.807) is 6.08 Å². The Morgan fingerprint density at radius 1 is 1.21 bits per heavy atom. The van der Waals surface area contributed by atoms with Crippen molar-refractivity contribution in [2.45, 2.75) is 25.8 Å². The average molecular weight is 343 g/mol. The van der Waals surface area contributed by atoms with Gasteiger partial charge in [0, 0.05) is 17.9 Å². The quantitative estimate of drug-likeness (QED) is 0.877. The summed E-state index contributed by atoms with van der Waals surface area (Å²) in [5, 5.41) is 1.22. The van der Waals surface area contributed by atoms with Crippen LogP contribution in [0, 0.1) is 0 Å². The van der Waals surface area contributed by atoms with Crippen LogP contribution in [0.5, 0.6) is 5.75 Å². The first kappa shape index (κ1) is 16.7. The summed E-state index contributed by atoms with van der Waals surface area (Å²) in [6, 6.07) is 15.3. The summed E-state index contributed by atoms with van der Waals surface area (Å²) in [4.78, 5) is 0. The van der Waals surface area contributed by atoms with Crippen LogP contribution in [-0.4, -0.2) is 21.1 Å². The second-order valence-electron chi connectivity index (χ2n) is 6.02. The fourth-order valence-electron chi connectivity index (χ4n) is 2.81. The molecule has 1 heterocycles. The van der Waals surface area contributed by atoms with E-state index in [1.807, 2.05) is 49.4 Å². The van der Waals surface area contributed by atoms with Crippen LogP contribution < -0.4 is 9.46 Å². The van der Waals surface area contributed by atoms with E-state index in [4.69, 9.17) is 4.74 Å². The van der Waals surface area contributed by atoms with Gasteiger partial charge in [-0.1, -0.05) is 42.5 Å². The third kappa shape index (κ3) is 4.46. The molecule has 1 N–H and O–H groups in total. The first-order chi connectivity index (χ1) is 11.5. The van der Waals surface area contributed by atoms with Crippen molar-refractivity contribution in [1.29, 1.82) is 0 Å².